The zero-order valence-electron chi connectivity index (χ0n) is 12.3. The third kappa shape index (κ3) is 2.67. The van der Waals surface area contributed by atoms with Crippen molar-refractivity contribution in [1.82, 2.24) is 9.78 Å². The number of fused-ring (bicyclic) bond motifs is 1. The van der Waals surface area contributed by atoms with Crippen LogP contribution >= 0.6 is 11.3 Å². The lowest BCUT2D eigenvalue weighted by atomic mass is 10.1. The van der Waals surface area contributed by atoms with E-state index in [0.29, 0.717) is 12.5 Å². The molecule has 0 amide bonds. The summed E-state index contributed by atoms with van der Waals surface area (Å²) in [4.78, 5) is 2.61. The summed E-state index contributed by atoms with van der Waals surface area (Å²) in [6, 6.07) is 4.87. The molecule has 1 unspecified atom stereocenters. The first-order valence-corrected chi connectivity index (χ1v) is 8.95. The van der Waals surface area contributed by atoms with Gasteiger partial charge in [0.2, 0.25) is 0 Å². The Morgan fingerprint density at radius 1 is 1.29 bits per heavy atom. The van der Waals surface area contributed by atoms with Crippen LogP contribution in [-0.4, -0.2) is 14.9 Å². The molecule has 0 bridgehead atoms. The Hall–Kier alpha value is -1.13. The van der Waals surface area contributed by atoms with Gasteiger partial charge in [-0.05, 0) is 49.8 Å². The summed E-state index contributed by atoms with van der Waals surface area (Å²) < 4.78 is 2.11. The molecule has 112 valence electrons. The maximum atomic E-state index is 10.5. The van der Waals surface area contributed by atoms with Crippen LogP contribution in [0.1, 0.15) is 65.3 Å². The predicted molar refractivity (Wildman–Crippen MR) is 84.7 cm³/mol. The zero-order chi connectivity index (χ0) is 14.2. The Morgan fingerprint density at radius 3 is 2.95 bits per heavy atom. The summed E-state index contributed by atoms with van der Waals surface area (Å²) in [5.41, 5.74) is 2.48. The fourth-order valence-corrected chi connectivity index (χ4v) is 4.92. The Morgan fingerprint density at radius 2 is 2.14 bits per heavy atom. The number of thiophene rings is 1. The van der Waals surface area contributed by atoms with Crippen LogP contribution in [0.5, 0.6) is 0 Å². The molecule has 2 heterocycles. The standard InChI is InChI=1S/C17H22N2OS/c20-15(17-10-12-4-3-7-16(12)21-17)11-13-8-9-19(18-13)14-5-1-2-6-14/h8-10,14-15,20H,1-7,11H2. The van der Waals surface area contributed by atoms with Gasteiger partial charge in [0.15, 0.2) is 0 Å². The van der Waals surface area contributed by atoms with Crippen molar-refractivity contribution in [3.63, 3.8) is 0 Å². The van der Waals surface area contributed by atoms with Crippen LogP contribution in [0.4, 0.5) is 0 Å². The SMILES string of the molecule is OC(Cc1ccn(C2CCCC2)n1)c1cc2c(s1)CCC2. The first kappa shape index (κ1) is 13.5. The van der Waals surface area contributed by atoms with E-state index >= 15 is 0 Å². The molecule has 2 aliphatic rings. The van der Waals surface area contributed by atoms with Gasteiger partial charge in [0.05, 0.1) is 17.8 Å². The second-order valence-corrected chi connectivity index (χ2v) is 7.56. The average molecular weight is 302 g/mol. The minimum atomic E-state index is -0.396. The molecule has 2 aromatic rings. The molecule has 0 spiro atoms. The topological polar surface area (TPSA) is 38.0 Å². The minimum absolute atomic E-state index is 0.396. The van der Waals surface area contributed by atoms with Crippen molar-refractivity contribution in [3.8, 4) is 0 Å². The minimum Gasteiger partial charge on any atom is -0.387 e. The van der Waals surface area contributed by atoms with Crippen molar-refractivity contribution < 1.29 is 5.11 Å². The van der Waals surface area contributed by atoms with Crippen LogP contribution < -0.4 is 0 Å². The molecule has 1 atom stereocenters. The molecule has 0 saturated heterocycles. The molecular weight excluding hydrogens is 280 g/mol. The van der Waals surface area contributed by atoms with Gasteiger partial charge in [-0.3, -0.25) is 4.68 Å². The summed E-state index contributed by atoms with van der Waals surface area (Å²) in [5.74, 6) is 0. The first-order chi connectivity index (χ1) is 10.3. The molecule has 1 saturated carbocycles. The Bertz CT molecular complexity index is 603. The maximum Gasteiger partial charge on any atom is 0.0938 e. The van der Waals surface area contributed by atoms with Gasteiger partial charge in [-0.2, -0.15) is 5.10 Å². The molecule has 0 aromatic carbocycles. The lowest BCUT2D eigenvalue weighted by Crippen LogP contribution is -2.07. The molecule has 2 aliphatic carbocycles. The molecule has 3 nitrogen and oxygen atoms in total. The second kappa shape index (κ2) is 5.58. The number of hydrogen-bond donors (Lipinski definition) is 1. The largest absolute Gasteiger partial charge is 0.387 e. The van der Waals surface area contributed by atoms with E-state index in [1.54, 1.807) is 11.3 Å². The normalized spacial score (nSPS) is 20.0. The smallest absolute Gasteiger partial charge is 0.0938 e. The number of hydrogen-bond acceptors (Lipinski definition) is 3. The number of aromatic nitrogens is 2. The van der Waals surface area contributed by atoms with Crippen LogP contribution in [0, 0.1) is 0 Å². The highest BCUT2D eigenvalue weighted by atomic mass is 32.1. The van der Waals surface area contributed by atoms with E-state index in [0.717, 1.165) is 10.6 Å². The van der Waals surface area contributed by atoms with Gasteiger partial charge in [-0.15, -0.1) is 11.3 Å². The van der Waals surface area contributed by atoms with E-state index in [1.165, 1.54) is 55.4 Å². The van der Waals surface area contributed by atoms with Crippen LogP contribution in [0.15, 0.2) is 18.3 Å². The number of aryl methyl sites for hydroxylation is 2. The summed E-state index contributed by atoms with van der Waals surface area (Å²) in [5, 5.41) is 15.1. The molecule has 1 fully saturated rings. The van der Waals surface area contributed by atoms with E-state index in [4.69, 9.17) is 0 Å². The summed E-state index contributed by atoms with van der Waals surface area (Å²) in [6.45, 7) is 0. The van der Waals surface area contributed by atoms with Crippen molar-refractivity contribution >= 4 is 11.3 Å². The van der Waals surface area contributed by atoms with Crippen LogP contribution in [0.3, 0.4) is 0 Å². The van der Waals surface area contributed by atoms with E-state index in [9.17, 15) is 5.11 Å². The third-order valence-electron chi connectivity index (χ3n) is 4.86. The highest BCUT2D eigenvalue weighted by molar-refractivity contribution is 7.12. The van der Waals surface area contributed by atoms with Gasteiger partial charge in [0.1, 0.15) is 0 Å². The molecular formula is C17H22N2OS. The van der Waals surface area contributed by atoms with Gasteiger partial charge in [-0.1, -0.05) is 12.8 Å². The van der Waals surface area contributed by atoms with Gasteiger partial charge in [0, 0.05) is 22.4 Å². The third-order valence-corrected chi connectivity index (χ3v) is 6.20. The summed E-state index contributed by atoms with van der Waals surface area (Å²) in [7, 11) is 0. The molecule has 0 aliphatic heterocycles. The van der Waals surface area contributed by atoms with E-state index in [1.807, 2.05) is 0 Å². The zero-order valence-corrected chi connectivity index (χ0v) is 13.1. The van der Waals surface area contributed by atoms with Crippen LogP contribution in [0.2, 0.25) is 0 Å². The molecule has 1 N–H and O–H groups in total. The van der Waals surface area contributed by atoms with Crippen molar-refractivity contribution in [2.75, 3.05) is 0 Å². The lowest BCUT2D eigenvalue weighted by Gasteiger charge is -2.10. The molecule has 2 aromatic heterocycles. The van der Waals surface area contributed by atoms with Crippen molar-refractivity contribution in [2.45, 2.75) is 63.5 Å². The van der Waals surface area contributed by atoms with Gasteiger partial charge < -0.3 is 5.11 Å². The number of rotatable bonds is 4. The highest BCUT2D eigenvalue weighted by Crippen LogP contribution is 2.35. The van der Waals surface area contributed by atoms with E-state index in [2.05, 4.69) is 28.1 Å². The van der Waals surface area contributed by atoms with Gasteiger partial charge in [0.25, 0.3) is 0 Å². The van der Waals surface area contributed by atoms with E-state index < -0.39 is 6.10 Å². The lowest BCUT2D eigenvalue weighted by molar-refractivity contribution is 0.180. The van der Waals surface area contributed by atoms with Gasteiger partial charge >= 0.3 is 0 Å². The number of aliphatic hydroxyl groups is 1. The first-order valence-electron chi connectivity index (χ1n) is 8.13. The summed E-state index contributed by atoms with van der Waals surface area (Å²) in [6.07, 6.45) is 11.1. The predicted octanol–water partition coefficient (Wildman–Crippen LogP) is 3.82. The van der Waals surface area contributed by atoms with Crippen LogP contribution in [0.25, 0.3) is 0 Å². The Labute approximate surface area is 129 Å². The Kier molecular flexibility index (Phi) is 3.59. The highest BCUT2D eigenvalue weighted by Gasteiger charge is 2.21. The fourth-order valence-electron chi connectivity index (χ4n) is 3.67. The van der Waals surface area contributed by atoms with Crippen molar-refractivity contribution in [2.24, 2.45) is 0 Å². The summed E-state index contributed by atoms with van der Waals surface area (Å²) >= 11 is 1.80. The quantitative estimate of drug-likeness (QED) is 0.932. The van der Waals surface area contributed by atoms with E-state index in [-0.39, 0.29) is 0 Å². The average Bonchev–Trinajstić information content (AvgIpc) is 3.22. The van der Waals surface area contributed by atoms with Gasteiger partial charge in [-0.25, -0.2) is 0 Å². The van der Waals surface area contributed by atoms with Crippen LogP contribution in [-0.2, 0) is 19.3 Å². The molecule has 21 heavy (non-hydrogen) atoms. The Balaban J connectivity index is 1.44. The number of aliphatic hydroxyl groups excluding tert-OH is 1. The molecule has 4 rings (SSSR count). The fraction of sp³-hybridized carbons (Fsp3) is 0.588. The van der Waals surface area contributed by atoms with Crippen molar-refractivity contribution in [3.05, 3.63) is 39.3 Å². The monoisotopic (exact) mass is 302 g/mol. The molecule has 0 radical (unpaired) electrons. The van der Waals surface area contributed by atoms with Crippen molar-refractivity contribution in [1.29, 1.82) is 0 Å². The molecule has 4 heteroatoms. The number of nitrogens with zero attached hydrogens (tertiary/aromatic N) is 2. The maximum absolute atomic E-state index is 10.5. The second-order valence-electron chi connectivity index (χ2n) is 6.40.